The fraction of sp³-hybridized carbons (Fsp3) is 0.583. The second-order valence-electron chi connectivity index (χ2n) is 4.91. The van der Waals surface area contributed by atoms with E-state index >= 15 is 0 Å². The van der Waals surface area contributed by atoms with Gasteiger partial charge in [0.15, 0.2) is 0 Å². The summed E-state index contributed by atoms with van der Waals surface area (Å²) in [6.45, 7) is 1.78. The largest absolute Gasteiger partial charge is 0.339 e. The van der Waals surface area contributed by atoms with Crippen molar-refractivity contribution in [3.63, 3.8) is 0 Å². The molecular weight excluding hydrogens is 238 g/mol. The third-order valence-corrected chi connectivity index (χ3v) is 3.81. The van der Waals surface area contributed by atoms with Crippen LogP contribution in [0.15, 0.2) is 12.3 Å². The van der Waals surface area contributed by atoms with E-state index in [1.54, 1.807) is 6.07 Å². The molecule has 3 rings (SSSR count). The van der Waals surface area contributed by atoms with Gasteiger partial charge >= 0.3 is 0 Å². The van der Waals surface area contributed by atoms with Gasteiger partial charge in [-0.15, -0.1) is 0 Å². The Hall–Kier alpha value is -1.00. The Morgan fingerprint density at radius 3 is 2.76 bits per heavy atom. The lowest BCUT2D eigenvalue weighted by Crippen LogP contribution is -2.57. The normalized spacial score (nSPS) is 20.1. The van der Waals surface area contributed by atoms with Crippen LogP contribution in [0.4, 0.5) is 0 Å². The molecule has 0 unspecified atom stereocenters. The van der Waals surface area contributed by atoms with Crippen LogP contribution in [0.1, 0.15) is 29.4 Å². The number of amides is 1. The Bertz CT molecular complexity index is 449. The number of carbonyl (C=O) groups excluding carboxylic acids is 1. The fourth-order valence-electron chi connectivity index (χ4n) is 2.17. The van der Waals surface area contributed by atoms with E-state index in [4.69, 9.17) is 11.6 Å². The summed E-state index contributed by atoms with van der Waals surface area (Å²) in [4.78, 5) is 14.2. The van der Waals surface area contributed by atoms with Gasteiger partial charge in [-0.2, -0.15) is 0 Å². The van der Waals surface area contributed by atoms with Crippen LogP contribution in [0, 0.1) is 0 Å². The van der Waals surface area contributed by atoms with E-state index in [0.717, 1.165) is 31.6 Å². The van der Waals surface area contributed by atoms with Crippen molar-refractivity contribution in [3.05, 3.63) is 23.0 Å². The smallest absolute Gasteiger partial charge is 0.270 e. The quantitative estimate of drug-likeness (QED) is 0.887. The highest BCUT2D eigenvalue weighted by atomic mass is 35.5. The van der Waals surface area contributed by atoms with Crippen molar-refractivity contribution in [2.75, 3.05) is 20.1 Å². The third-order valence-electron chi connectivity index (χ3n) is 3.60. The van der Waals surface area contributed by atoms with Crippen LogP contribution in [0.3, 0.4) is 0 Å². The lowest BCUT2D eigenvalue weighted by molar-refractivity contribution is 0.0670. The number of likely N-dealkylation sites (N-methyl/N-ethyl adjacent to an activating group) is 1. The molecule has 2 aliphatic rings. The monoisotopic (exact) mass is 253 g/mol. The van der Waals surface area contributed by atoms with Crippen LogP contribution in [-0.2, 0) is 0 Å². The van der Waals surface area contributed by atoms with Gasteiger partial charge < -0.3 is 14.8 Å². The zero-order valence-corrected chi connectivity index (χ0v) is 10.6. The van der Waals surface area contributed by atoms with Crippen LogP contribution >= 0.6 is 11.6 Å². The Labute approximate surface area is 106 Å². The first-order valence-corrected chi connectivity index (χ1v) is 6.40. The fourth-order valence-corrected chi connectivity index (χ4v) is 2.37. The van der Waals surface area contributed by atoms with Crippen molar-refractivity contribution in [2.24, 2.45) is 0 Å². The number of halogens is 1. The first kappa shape index (κ1) is 11.1. The molecule has 17 heavy (non-hydrogen) atoms. The molecule has 1 aromatic heterocycles. The van der Waals surface area contributed by atoms with E-state index in [0.29, 0.717) is 17.1 Å². The minimum Gasteiger partial charge on any atom is -0.339 e. The summed E-state index contributed by atoms with van der Waals surface area (Å²) < 4.78 is 2.03. The molecule has 1 aliphatic heterocycles. The molecule has 0 aromatic carbocycles. The van der Waals surface area contributed by atoms with E-state index in [1.807, 2.05) is 22.7 Å². The molecule has 2 heterocycles. The summed E-state index contributed by atoms with van der Waals surface area (Å²) in [7, 11) is 1.87. The van der Waals surface area contributed by atoms with Crippen molar-refractivity contribution in [3.8, 4) is 0 Å². The van der Waals surface area contributed by atoms with Gasteiger partial charge in [0.25, 0.3) is 5.91 Å². The van der Waals surface area contributed by atoms with Crippen molar-refractivity contribution >= 4 is 17.5 Å². The van der Waals surface area contributed by atoms with Crippen molar-refractivity contribution in [1.29, 1.82) is 0 Å². The highest BCUT2D eigenvalue weighted by Gasteiger charge is 2.31. The molecule has 2 fully saturated rings. The molecule has 1 aromatic rings. The highest BCUT2D eigenvalue weighted by Crippen LogP contribution is 2.37. The third kappa shape index (κ3) is 1.96. The maximum atomic E-state index is 12.4. The van der Waals surface area contributed by atoms with Gasteiger partial charge in [-0.1, -0.05) is 11.6 Å². The molecule has 1 N–H and O–H groups in total. The molecule has 4 nitrogen and oxygen atoms in total. The molecule has 1 aliphatic carbocycles. The molecule has 0 radical (unpaired) electrons. The molecule has 5 heteroatoms. The molecule has 0 bridgehead atoms. The number of aromatic nitrogens is 1. The minimum absolute atomic E-state index is 0.0790. The minimum atomic E-state index is 0.0790. The second-order valence-corrected chi connectivity index (χ2v) is 5.35. The summed E-state index contributed by atoms with van der Waals surface area (Å²) in [5.41, 5.74) is 0.729. The van der Waals surface area contributed by atoms with Gasteiger partial charge in [-0.05, 0) is 18.9 Å². The van der Waals surface area contributed by atoms with Gasteiger partial charge in [0, 0.05) is 32.4 Å². The lowest BCUT2D eigenvalue weighted by Gasteiger charge is -2.35. The molecule has 92 valence electrons. The van der Waals surface area contributed by atoms with Crippen LogP contribution in [0.25, 0.3) is 0 Å². The van der Waals surface area contributed by atoms with Crippen molar-refractivity contribution in [2.45, 2.75) is 24.9 Å². The Balaban J connectivity index is 1.84. The summed E-state index contributed by atoms with van der Waals surface area (Å²) in [5, 5.41) is 3.83. The van der Waals surface area contributed by atoms with E-state index < -0.39 is 0 Å². The van der Waals surface area contributed by atoms with E-state index in [9.17, 15) is 4.79 Å². The average Bonchev–Trinajstić information content (AvgIpc) is 2.98. The number of carbonyl (C=O) groups is 1. The molecule has 0 spiro atoms. The zero-order valence-electron chi connectivity index (χ0n) is 9.82. The SMILES string of the molecule is CN(C(=O)c1cc(Cl)cn1C1CC1)C1CNC1. The zero-order chi connectivity index (χ0) is 12.0. The van der Waals surface area contributed by atoms with Crippen molar-refractivity contribution in [1.82, 2.24) is 14.8 Å². The van der Waals surface area contributed by atoms with E-state index in [2.05, 4.69) is 5.32 Å². The first-order valence-electron chi connectivity index (χ1n) is 6.02. The van der Waals surface area contributed by atoms with Gasteiger partial charge in [0.05, 0.1) is 11.1 Å². The second kappa shape index (κ2) is 4.03. The van der Waals surface area contributed by atoms with Crippen LogP contribution in [0.2, 0.25) is 5.02 Å². The Morgan fingerprint density at radius 1 is 1.53 bits per heavy atom. The Kier molecular flexibility index (Phi) is 2.64. The Morgan fingerprint density at radius 2 is 2.24 bits per heavy atom. The predicted octanol–water partition coefficient (Wildman–Crippen LogP) is 1.52. The number of hydrogen-bond donors (Lipinski definition) is 1. The molecule has 0 atom stereocenters. The summed E-state index contributed by atoms with van der Waals surface area (Å²) in [6, 6.07) is 2.59. The standard InChI is InChI=1S/C12H16ClN3O/c1-15(10-5-14-6-10)12(17)11-4-8(13)7-16(11)9-2-3-9/h4,7,9-10,14H,2-3,5-6H2,1H3. The van der Waals surface area contributed by atoms with E-state index in [1.165, 1.54) is 0 Å². The molecule has 1 amide bonds. The topological polar surface area (TPSA) is 37.3 Å². The summed E-state index contributed by atoms with van der Waals surface area (Å²) in [6.07, 6.45) is 4.18. The van der Waals surface area contributed by atoms with E-state index in [-0.39, 0.29) is 5.91 Å². The van der Waals surface area contributed by atoms with Crippen LogP contribution in [-0.4, -0.2) is 41.6 Å². The summed E-state index contributed by atoms with van der Waals surface area (Å²) in [5.74, 6) is 0.0790. The average molecular weight is 254 g/mol. The molecule has 1 saturated heterocycles. The van der Waals surface area contributed by atoms with Gasteiger partial charge in [-0.25, -0.2) is 0 Å². The van der Waals surface area contributed by atoms with Gasteiger partial charge in [0.2, 0.25) is 0 Å². The molecule has 1 saturated carbocycles. The number of rotatable bonds is 3. The van der Waals surface area contributed by atoms with Crippen LogP contribution < -0.4 is 5.32 Å². The maximum Gasteiger partial charge on any atom is 0.270 e. The van der Waals surface area contributed by atoms with Gasteiger partial charge in [-0.3, -0.25) is 4.79 Å². The van der Waals surface area contributed by atoms with Crippen LogP contribution in [0.5, 0.6) is 0 Å². The first-order chi connectivity index (χ1) is 8.16. The molecular formula is C12H16ClN3O. The van der Waals surface area contributed by atoms with Gasteiger partial charge in [0.1, 0.15) is 5.69 Å². The number of hydrogen-bond acceptors (Lipinski definition) is 2. The number of nitrogens with one attached hydrogen (secondary N) is 1. The van der Waals surface area contributed by atoms with Crippen molar-refractivity contribution < 1.29 is 4.79 Å². The highest BCUT2D eigenvalue weighted by molar-refractivity contribution is 6.31. The predicted molar refractivity (Wildman–Crippen MR) is 66.5 cm³/mol. The summed E-state index contributed by atoms with van der Waals surface area (Å²) >= 11 is 6.01. The lowest BCUT2D eigenvalue weighted by atomic mass is 10.1. The maximum absolute atomic E-state index is 12.4. The number of nitrogens with zero attached hydrogens (tertiary/aromatic N) is 2.